The molecule has 0 saturated heterocycles. The molecule has 1 aliphatic rings. The van der Waals surface area contributed by atoms with Crippen LogP contribution in [0.1, 0.15) is 35.6 Å². The van der Waals surface area contributed by atoms with Crippen molar-refractivity contribution < 1.29 is 21.6 Å². The maximum Gasteiger partial charge on any atom is 0.417 e. The third-order valence-corrected chi connectivity index (χ3v) is 5.79. The second-order valence-electron chi connectivity index (χ2n) is 6.02. The van der Waals surface area contributed by atoms with Crippen LogP contribution < -0.4 is 10.5 Å². The molecule has 2 aromatic rings. The second kappa shape index (κ2) is 7.46. The molecule has 0 amide bonds. The van der Waals surface area contributed by atoms with Crippen LogP contribution in [0.2, 0.25) is 0 Å². The average Bonchev–Trinajstić information content (AvgIpc) is 2.54. The fraction of sp³-hybridized carbons (Fsp3) is 0.294. The molecule has 1 atom stereocenters. The molecular formula is C17H18ClF3N2O2S. The van der Waals surface area contributed by atoms with Gasteiger partial charge in [0.15, 0.2) is 0 Å². The number of alkyl halides is 3. The third kappa shape index (κ3) is 4.13. The molecule has 0 fully saturated rings. The molecule has 26 heavy (non-hydrogen) atoms. The van der Waals surface area contributed by atoms with E-state index < -0.39 is 32.7 Å². The van der Waals surface area contributed by atoms with Crippen molar-refractivity contribution in [3.8, 4) is 0 Å². The zero-order valence-electron chi connectivity index (χ0n) is 13.6. The van der Waals surface area contributed by atoms with Crippen molar-refractivity contribution in [2.45, 2.75) is 36.4 Å². The van der Waals surface area contributed by atoms with E-state index in [0.717, 1.165) is 36.1 Å². The van der Waals surface area contributed by atoms with Crippen molar-refractivity contribution in [3.05, 3.63) is 59.2 Å². The monoisotopic (exact) mass is 406 g/mol. The summed E-state index contributed by atoms with van der Waals surface area (Å²) in [5, 5.41) is 0. The first-order chi connectivity index (χ1) is 11.7. The summed E-state index contributed by atoms with van der Waals surface area (Å²) in [6.45, 7) is 0. The number of sulfonamides is 1. The lowest BCUT2D eigenvalue weighted by Crippen LogP contribution is -2.32. The van der Waals surface area contributed by atoms with Gasteiger partial charge in [0.1, 0.15) is 0 Å². The van der Waals surface area contributed by atoms with E-state index in [1.165, 1.54) is 12.1 Å². The van der Waals surface area contributed by atoms with E-state index in [2.05, 4.69) is 4.72 Å². The SMILES string of the molecule is Cl.Nc1ccc2c(c1)CCCC2NS(=O)(=O)c1ccccc1C(F)(F)F. The smallest absolute Gasteiger partial charge is 0.399 e. The number of hydrogen-bond acceptors (Lipinski definition) is 3. The molecule has 0 bridgehead atoms. The van der Waals surface area contributed by atoms with Gasteiger partial charge in [0.2, 0.25) is 10.0 Å². The topological polar surface area (TPSA) is 72.2 Å². The molecule has 4 nitrogen and oxygen atoms in total. The molecule has 0 aliphatic heterocycles. The Balaban J connectivity index is 0.00000243. The first kappa shape index (κ1) is 20.5. The summed E-state index contributed by atoms with van der Waals surface area (Å²) in [4.78, 5) is -0.759. The van der Waals surface area contributed by atoms with Gasteiger partial charge in [-0.25, -0.2) is 13.1 Å². The van der Waals surface area contributed by atoms with Crippen LogP contribution in [-0.4, -0.2) is 8.42 Å². The van der Waals surface area contributed by atoms with Crippen LogP contribution in [0.15, 0.2) is 47.4 Å². The van der Waals surface area contributed by atoms with E-state index >= 15 is 0 Å². The van der Waals surface area contributed by atoms with Gasteiger partial charge in [0.25, 0.3) is 0 Å². The first-order valence-electron chi connectivity index (χ1n) is 7.75. The maximum atomic E-state index is 13.1. The van der Waals surface area contributed by atoms with Crippen LogP contribution in [0, 0.1) is 0 Å². The fourth-order valence-corrected chi connectivity index (χ4v) is 4.62. The molecular weight excluding hydrogens is 389 g/mol. The molecule has 2 aromatic carbocycles. The van der Waals surface area contributed by atoms with Gasteiger partial charge in [0, 0.05) is 11.7 Å². The van der Waals surface area contributed by atoms with Crippen LogP contribution in [0.3, 0.4) is 0 Å². The summed E-state index contributed by atoms with van der Waals surface area (Å²) in [6.07, 6.45) is -2.74. The minimum Gasteiger partial charge on any atom is -0.399 e. The molecule has 1 unspecified atom stereocenters. The van der Waals surface area contributed by atoms with Crippen molar-refractivity contribution in [2.24, 2.45) is 0 Å². The average molecular weight is 407 g/mol. The Morgan fingerprint density at radius 3 is 2.50 bits per heavy atom. The molecule has 142 valence electrons. The van der Waals surface area contributed by atoms with Crippen molar-refractivity contribution >= 4 is 28.1 Å². The Hall–Kier alpha value is -1.77. The molecule has 9 heteroatoms. The van der Waals surface area contributed by atoms with E-state index in [9.17, 15) is 21.6 Å². The van der Waals surface area contributed by atoms with Gasteiger partial charge < -0.3 is 5.73 Å². The number of rotatable bonds is 3. The molecule has 0 heterocycles. The van der Waals surface area contributed by atoms with Crippen LogP contribution in [-0.2, 0) is 22.6 Å². The summed E-state index contributed by atoms with van der Waals surface area (Å²) >= 11 is 0. The normalized spacial score (nSPS) is 17.3. The predicted molar refractivity (Wildman–Crippen MR) is 95.5 cm³/mol. The van der Waals surface area contributed by atoms with Crippen LogP contribution in [0.4, 0.5) is 18.9 Å². The van der Waals surface area contributed by atoms with Gasteiger partial charge in [-0.05, 0) is 54.7 Å². The molecule has 0 spiro atoms. The lowest BCUT2D eigenvalue weighted by molar-refractivity contribution is -0.139. The minimum atomic E-state index is -4.75. The van der Waals surface area contributed by atoms with E-state index in [4.69, 9.17) is 5.73 Å². The lowest BCUT2D eigenvalue weighted by Gasteiger charge is -2.27. The number of nitrogens with one attached hydrogen (secondary N) is 1. The van der Waals surface area contributed by atoms with Gasteiger partial charge in [-0.3, -0.25) is 0 Å². The van der Waals surface area contributed by atoms with Crippen LogP contribution in [0.25, 0.3) is 0 Å². The molecule has 3 N–H and O–H groups in total. The van der Waals surface area contributed by atoms with Crippen LogP contribution >= 0.6 is 12.4 Å². The Labute approximate surface area is 156 Å². The Morgan fingerprint density at radius 2 is 1.81 bits per heavy atom. The summed E-state index contributed by atoms with van der Waals surface area (Å²) in [5.74, 6) is 0. The molecule has 3 rings (SSSR count). The van der Waals surface area contributed by atoms with Gasteiger partial charge in [-0.1, -0.05) is 18.2 Å². The van der Waals surface area contributed by atoms with Crippen molar-refractivity contribution in [2.75, 3.05) is 5.73 Å². The zero-order chi connectivity index (χ0) is 18.2. The second-order valence-corrected chi connectivity index (χ2v) is 7.70. The molecule has 0 radical (unpaired) electrons. The number of nitrogen functional groups attached to an aromatic ring is 1. The standard InChI is InChI=1S/C17H17F3N2O2S.ClH/c18-17(19,20)14-5-1-2-7-16(14)25(23,24)22-15-6-3-4-11-10-12(21)8-9-13(11)15;/h1-2,5,7-10,15,22H,3-4,6,21H2;1H. The predicted octanol–water partition coefficient (Wildman–Crippen LogP) is 4.07. The Kier molecular flexibility index (Phi) is 5.89. The summed E-state index contributed by atoms with van der Waals surface area (Å²) in [6, 6.07) is 8.78. The van der Waals surface area contributed by atoms with Gasteiger partial charge in [-0.15, -0.1) is 12.4 Å². The summed E-state index contributed by atoms with van der Waals surface area (Å²) in [5.41, 5.74) is 6.83. The number of benzene rings is 2. The third-order valence-electron chi connectivity index (χ3n) is 4.26. The summed E-state index contributed by atoms with van der Waals surface area (Å²) < 4.78 is 67.1. The number of fused-ring (bicyclic) bond motifs is 1. The minimum absolute atomic E-state index is 0. The maximum absolute atomic E-state index is 13.1. The molecule has 0 saturated carbocycles. The number of hydrogen-bond donors (Lipinski definition) is 2. The van der Waals surface area contributed by atoms with E-state index in [1.807, 2.05) is 0 Å². The number of nitrogens with two attached hydrogens (primary N) is 1. The number of aryl methyl sites for hydroxylation is 1. The highest BCUT2D eigenvalue weighted by molar-refractivity contribution is 7.89. The highest BCUT2D eigenvalue weighted by Crippen LogP contribution is 2.36. The quantitative estimate of drug-likeness (QED) is 0.755. The molecule has 0 aromatic heterocycles. The van der Waals surface area contributed by atoms with Crippen molar-refractivity contribution in [1.82, 2.24) is 4.72 Å². The van der Waals surface area contributed by atoms with Crippen molar-refractivity contribution in [3.63, 3.8) is 0 Å². The largest absolute Gasteiger partial charge is 0.417 e. The van der Waals surface area contributed by atoms with E-state index in [0.29, 0.717) is 12.1 Å². The van der Waals surface area contributed by atoms with Crippen molar-refractivity contribution in [1.29, 1.82) is 0 Å². The Bertz CT molecular complexity index is 901. The fourth-order valence-electron chi connectivity index (χ4n) is 3.14. The van der Waals surface area contributed by atoms with Gasteiger partial charge in [-0.2, -0.15) is 13.2 Å². The van der Waals surface area contributed by atoms with Crippen LogP contribution in [0.5, 0.6) is 0 Å². The van der Waals surface area contributed by atoms with Gasteiger partial charge in [0.05, 0.1) is 10.5 Å². The summed E-state index contributed by atoms with van der Waals surface area (Å²) in [7, 11) is -4.33. The Morgan fingerprint density at radius 1 is 1.12 bits per heavy atom. The van der Waals surface area contributed by atoms with E-state index in [-0.39, 0.29) is 12.4 Å². The first-order valence-corrected chi connectivity index (χ1v) is 9.23. The highest BCUT2D eigenvalue weighted by Gasteiger charge is 2.37. The highest BCUT2D eigenvalue weighted by atomic mass is 35.5. The number of halogens is 4. The van der Waals surface area contributed by atoms with E-state index in [1.54, 1.807) is 18.2 Å². The molecule has 1 aliphatic carbocycles. The zero-order valence-corrected chi connectivity index (χ0v) is 15.2. The number of anilines is 1. The van der Waals surface area contributed by atoms with Gasteiger partial charge >= 0.3 is 6.18 Å². The lowest BCUT2D eigenvalue weighted by atomic mass is 9.88.